The van der Waals surface area contributed by atoms with Gasteiger partial charge in [-0.05, 0) is 11.6 Å². The molecule has 2 aliphatic heterocycles. The van der Waals surface area contributed by atoms with Crippen LogP contribution in [0.3, 0.4) is 0 Å². The van der Waals surface area contributed by atoms with Crippen molar-refractivity contribution in [3.63, 3.8) is 0 Å². The van der Waals surface area contributed by atoms with Gasteiger partial charge in [0, 0.05) is 52.1 Å². The number of pyridine rings is 1. The smallest absolute Gasteiger partial charge is 0.341 e. The number of rotatable bonds is 4. The molecule has 0 aromatic carbocycles. The summed E-state index contributed by atoms with van der Waals surface area (Å²) in [5, 5.41) is 18.8. The maximum Gasteiger partial charge on any atom is 0.341 e. The van der Waals surface area contributed by atoms with E-state index in [9.17, 15) is 18.7 Å². The maximum absolute atomic E-state index is 14.5. The second kappa shape index (κ2) is 9.29. The molecule has 0 aliphatic carbocycles. The van der Waals surface area contributed by atoms with E-state index in [0.717, 1.165) is 12.4 Å². The number of carbonyl (C=O) groups is 1. The fraction of sp³-hybridized carbons (Fsp3) is 0.381. The first kappa shape index (κ1) is 22.7. The lowest BCUT2D eigenvalue weighted by Gasteiger charge is -2.37. The molecule has 5 heterocycles. The number of anilines is 1. The van der Waals surface area contributed by atoms with Crippen LogP contribution in [0.15, 0.2) is 29.8 Å². The number of amides is 2. The number of aliphatic hydroxyl groups is 1. The Labute approximate surface area is 198 Å². The van der Waals surface area contributed by atoms with Crippen molar-refractivity contribution in [3.05, 3.63) is 47.7 Å². The molecule has 3 aromatic rings. The van der Waals surface area contributed by atoms with Gasteiger partial charge in [0.25, 0.3) is 0 Å². The highest BCUT2D eigenvalue weighted by Gasteiger charge is 2.34. The van der Waals surface area contributed by atoms with E-state index in [1.807, 2.05) is 4.90 Å². The van der Waals surface area contributed by atoms with Crippen LogP contribution < -0.4 is 4.90 Å². The van der Waals surface area contributed by atoms with Crippen LogP contribution in [-0.2, 0) is 13.7 Å². The van der Waals surface area contributed by atoms with Gasteiger partial charge in [-0.2, -0.15) is 10.2 Å². The average Bonchev–Trinajstić information content (AvgIpc) is 3.51. The Morgan fingerprint density at radius 1 is 1.14 bits per heavy atom. The van der Waals surface area contributed by atoms with Crippen molar-refractivity contribution in [2.24, 2.45) is 12.1 Å². The first-order valence-corrected chi connectivity index (χ1v) is 10.9. The minimum Gasteiger partial charge on any atom is -0.388 e. The van der Waals surface area contributed by atoms with Crippen molar-refractivity contribution in [2.45, 2.75) is 19.1 Å². The zero-order chi connectivity index (χ0) is 24.5. The SMILES string of the molecule is Cn1nc(CO)nc1-c1nc(N2CCN(C(=O)N3N=CCC3c3cncc(F)c3)CC2)ncc1F. The third kappa shape index (κ3) is 4.39. The van der Waals surface area contributed by atoms with Gasteiger partial charge in [-0.1, -0.05) is 0 Å². The van der Waals surface area contributed by atoms with E-state index in [4.69, 9.17) is 0 Å². The van der Waals surface area contributed by atoms with Crippen molar-refractivity contribution in [1.29, 1.82) is 0 Å². The van der Waals surface area contributed by atoms with Crippen molar-refractivity contribution in [2.75, 3.05) is 31.1 Å². The van der Waals surface area contributed by atoms with Crippen molar-refractivity contribution < 1.29 is 18.7 Å². The number of hydrazone groups is 1. The third-order valence-electron chi connectivity index (χ3n) is 5.86. The molecule has 35 heavy (non-hydrogen) atoms. The molecule has 3 aromatic heterocycles. The molecule has 1 fully saturated rings. The summed E-state index contributed by atoms with van der Waals surface area (Å²) in [6, 6.07) is 0.653. The summed E-state index contributed by atoms with van der Waals surface area (Å²) in [6.07, 6.45) is 5.82. The number of aryl methyl sites for hydroxylation is 1. The summed E-state index contributed by atoms with van der Waals surface area (Å²) in [7, 11) is 1.58. The van der Waals surface area contributed by atoms with E-state index in [0.29, 0.717) is 44.1 Å². The molecular weight excluding hydrogens is 462 g/mol. The predicted octanol–water partition coefficient (Wildman–Crippen LogP) is 1.11. The zero-order valence-corrected chi connectivity index (χ0v) is 18.8. The number of halogens is 2. The van der Waals surface area contributed by atoms with E-state index in [1.54, 1.807) is 18.2 Å². The van der Waals surface area contributed by atoms with Gasteiger partial charge in [0.15, 0.2) is 17.5 Å². The highest BCUT2D eigenvalue weighted by molar-refractivity contribution is 5.78. The summed E-state index contributed by atoms with van der Waals surface area (Å²) >= 11 is 0. The Kier molecular flexibility index (Phi) is 6.03. The van der Waals surface area contributed by atoms with Gasteiger partial charge in [0.05, 0.1) is 18.4 Å². The number of urea groups is 1. The Morgan fingerprint density at radius 2 is 1.94 bits per heavy atom. The number of nitrogens with zero attached hydrogens (tertiary/aromatic N) is 10. The first-order chi connectivity index (χ1) is 16.9. The normalized spacial score (nSPS) is 17.9. The van der Waals surface area contributed by atoms with Crippen LogP contribution in [0.25, 0.3) is 11.5 Å². The number of hydrogen-bond donors (Lipinski definition) is 1. The summed E-state index contributed by atoms with van der Waals surface area (Å²) < 4.78 is 29.4. The standard InChI is InChI=1S/C21H22F2N10O2/c1-30-19(27-17(12-34)29-30)18-15(23)11-25-20(28-18)31-4-6-32(7-5-31)21(35)33-16(2-3-26-33)13-8-14(22)10-24-9-13/h3,8-11,16,34H,2,4-7,12H2,1H3. The van der Waals surface area contributed by atoms with Crippen LogP contribution in [-0.4, -0.2) is 83.2 Å². The largest absolute Gasteiger partial charge is 0.388 e. The minimum atomic E-state index is -0.660. The molecule has 5 rings (SSSR count). The van der Waals surface area contributed by atoms with Gasteiger partial charge in [-0.25, -0.2) is 38.2 Å². The summed E-state index contributed by atoms with van der Waals surface area (Å²) in [6.45, 7) is 1.20. The molecule has 12 nitrogen and oxygen atoms in total. The molecule has 0 saturated carbocycles. The monoisotopic (exact) mass is 484 g/mol. The maximum atomic E-state index is 14.5. The lowest BCUT2D eigenvalue weighted by molar-refractivity contribution is 0.139. The quantitative estimate of drug-likeness (QED) is 0.583. The Hall–Kier alpha value is -4.07. The second-order valence-corrected chi connectivity index (χ2v) is 8.09. The van der Waals surface area contributed by atoms with Gasteiger partial charge < -0.3 is 14.9 Å². The van der Waals surface area contributed by atoms with Crippen LogP contribution in [0.5, 0.6) is 0 Å². The van der Waals surface area contributed by atoms with E-state index >= 15 is 0 Å². The van der Waals surface area contributed by atoms with E-state index in [-0.39, 0.29) is 30.0 Å². The molecule has 1 N–H and O–H groups in total. The molecule has 14 heteroatoms. The van der Waals surface area contributed by atoms with E-state index in [2.05, 4.69) is 30.1 Å². The van der Waals surface area contributed by atoms with Crippen LogP contribution in [0.2, 0.25) is 0 Å². The summed E-state index contributed by atoms with van der Waals surface area (Å²) in [4.78, 5) is 33.1. The Bertz CT molecular complexity index is 1270. The predicted molar refractivity (Wildman–Crippen MR) is 119 cm³/mol. The van der Waals surface area contributed by atoms with Crippen LogP contribution in [0, 0.1) is 11.6 Å². The van der Waals surface area contributed by atoms with Gasteiger partial charge in [0.1, 0.15) is 18.1 Å². The molecule has 1 unspecified atom stereocenters. The van der Waals surface area contributed by atoms with Crippen molar-refractivity contribution in [1.82, 2.24) is 39.6 Å². The van der Waals surface area contributed by atoms with Crippen LogP contribution in [0.4, 0.5) is 19.5 Å². The molecule has 2 aliphatic rings. The zero-order valence-electron chi connectivity index (χ0n) is 18.8. The first-order valence-electron chi connectivity index (χ1n) is 10.9. The fourth-order valence-electron chi connectivity index (χ4n) is 4.11. The molecule has 0 bridgehead atoms. The van der Waals surface area contributed by atoms with Gasteiger partial charge in [-0.3, -0.25) is 4.98 Å². The molecule has 0 radical (unpaired) electrons. The summed E-state index contributed by atoms with van der Waals surface area (Å²) in [5.74, 6) is -0.500. The molecular formula is C21H22F2N10O2. The van der Waals surface area contributed by atoms with Crippen molar-refractivity contribution in [3.8, 4) is 11.5 Å². The molecule has 2 amide bonds. The molecule has 0 spiro atoms. The van der Waals surface area contributed by atoms with Gasteiger partial charge in [-0.15, -0.1) is 0 Å². The van der Waals surface area contributed by atoms with Gasteiger partial charge >= 0.3 is 6.03 Å². The third-order valence-corrected chi connectivity index (χ3v) is 5.86. The highest BCUT2D eigenvalue weighted by Crippen LogP contribution is 2.29. The van der Waals surface area contributed by atoms with E-state index in [1.165, 1.54) is 22.0 Å². The summed E-state index contributed by atoms with van der Waals surface area (Å²) in [5.41, 5.74) is 0.552. The van der Waals surface area contributed by atoms with Crippen LogP contribution in [0.1, 0.15) is 23.9 Å². The highest BCUT2D eigenvalue weighted by atomic mass is 19.1. The van der Waals surface area contributed by atoms with Gasteiger partial charge in [0.2, 0.25) is 5.95 Å². The molecule has 182 valence electrons. The average molecular weight is 484 g/mol. The Morgan fingerprint density at radius 3 is 2.66 bits per heavy atom. The molecule has 1 atom stereocenters. The number of hydrogen-bond acceptors (Lipinski definition) is 9. The number of piperazine rings is 1. The minimum absolute atomic E-state index is 0.0267. The van der Waals surface area contributed by atoms with Crippen molar-refractivity contribution >= 4 is 18.2 Å². The second-order valence-electron chi connectivity index (χ2n) is 8.09. The number of carbonyl (C=O) groups excluding carboxylic acids is 1. The number of aliphatic hydroxyl groups excluding tert-OH is 1. The number of aromatic nitrogens is 6. The Balaban J connectivity index is 1.28. The molecule has 1 saturated heterocycles. The van der Waals surface area contributed by atoms with Crippen LogP contribution >= 0.6 is 0 Å². The topological polar surface area (TPSA) is 129 Å². The lowest BCUT2D eigenvalue weighted by atomic mass is 10.1. The van der Waals surface area contributed by atoms with E-state index < -0.39 is 17.7 Å². The lowest BCUT2D eigenvalue weighted by Crippen LogP contribution is -2.52. The fourth-order valence-corrected chi connectivity index (χ4v) is 4.11.